The molecule has 2 N–H and O–H groups in total. The number of piperidine rings is 1. The zero-order valence-electron chi connectivity index (χ0n) is 16.8. The van der Waals surface area contributed by atoms with Crippen molar-refractivity contribution >= 4 is 23.4 Å². The molecule has 0 atom stereocenters. The maximum atomic E-state index is 14.0. The predicted molar refractivity (Wildman–Crippen MR) is 109 cm³/mol. The summed E-state index contributed by atoms with van der Waals surface area (Å²) < 4.78 is 32.7. The van der Waals surface area contributed by atoms with Gasteiger partial charge in [0.15, 0.2) is 0 Å². The summed E-state index contributed by atoms with van der Waals surface area (Å²) in [5.74, 6) is -3.94. The van der Waals surface area contributed by atoms with Crippen LogP contribution < -0.4 is 0 Å². The van der Waals surface area contributed by atoms with Crippen molar-refractivity contribution in [3.8, 4) is 0 Å². The van der Waals surface area contributed by atoms with Crippen molar-refractivity contribution in [3.05, 3.63) is 51.5 Å². The average molecular weight is 440 g/mol. The van der Waals surface area contributed by atoms with Gasteiger partial charge in [-0.15, -0.1) is 0 Å². The van der Waals surface area contributed by atoms with Crippen LogP contribution in [0.3, 0.4) is 0 Å². The Morgan fingerprint density at radius 2 is 2.07 bits per heavy atom. The van der Waals surface area contributed by atoms with Gasteiger partial charge in [0.2, 0.25) is 0 Å². The summed E-state index contributed by atoms with van der Waals surface area (Å²) in [6, 6.07) is 1.52. The van der Waals surface area contributed by atoms with Crippen LogP contribution in [-0.4, -0.2) is 52.9 Å². The molecule has 0 radical (unpaired) electrons. The third kappa shape index (κ3) is 4.48. The molecule has 0 amide bonds. The predicted octanol–water partition coefficient (Wildman–Crippen LogP) is 4.87. The van der Waals surface area contributed by atoms with Crippen LogP contribution >= 0.6 is 11.6 Å². The highest BCUT2D eigenvalue weighted by atomic mass is 35.5. The van der Waals surface area contributed by atoms with Crippen molar-refractivity contribution in [1.82, 2.24) is 9.88 Å². The van der Waals surface area contributed by atoms with Crippen LogP contribution in [0.25, 0.3) is 0 Å². The van der Waals surface area contributed by atoms with Crippen LogP contribution in [0.1, 0.15) is 54.6 Å². The summed E-state index contributed by atoms with van der Waals surface area (Å²) in [6.45, 7) is 1.69. The zero-order valence-corrected chi connectivity index (χ0v) is 17.6. The maximum Gasteiger partial charge on any atom is 0.339 e. The molecule has 1 aliphatic heterocycles. The number of hydrogen-bond donors (Lipinski definition) is 2. The minimum absolute atomic E-state index is 0.0183. The summed E-state index contributed by atoms with van der Waals surface area (Å²) >= 11 is 6.32. The van der Waals surface area contributed by atoms with E-state index < -0.39 is 11.9 Å². The molecule has 3 rings (SSSR count). The molecule has 0 saturated carbocycles. The first-order valence-electron chi connectivity index (χ1n) is 9.72. The molecule has 1 fully saturated rings. The number of allylic oxidation sites excluding steroid dienone is 2. The lowest BCUT2D eigenvalue weighted by molar-refractivity contribution is 0.0577. The first-order valence-corrected chi connectivity index (χ1v) is 10.1. The van der Waals surface area contributed by atoms with E-state index in [1.165, 1.54) is 25.4 Å². The fraction of sp³-hybridized carbons (Fsp3) is 0.476. The summed E-state index contributed by atoms with van der Waals surface area (Å²) in [5, 5.41) is 19.0. The SMILES string of the molecule is COC(=O)c1cnc(C2CCN(C(=N)C3=C(C(C)(F)F)CCC=C3O)CC2)c(Cl)c1. The maximum absolute atomic E-state index is 14.0. The van der Waals surface area contributed by atoms with Crippen molar-refractivity contribution in [2.75, 3.05) is 20.2 Å². The lowest BCUT2D eigenvalue weighted by Crippen LogP contribution is -2.40. The number of carbonyl (C=O) groups is 1. The van der Waals surface area contributed by atoms with Crippen molar-refractivity contribution in [1.29, 1.82) is 5.41 Å². The van der Waals surface area contributed by atoms with Gasteiger partial charge < -0.3 is 14.7 Å². The van der Waals surface area contributed by atoms with Crippen LogP contribution in [0.4, 0.5) is 8.78 Å². The molecule has 1 aromatic rings. The number of pyridine rings is 1. The van der Waals surface area contributed by atoms with E-state index in [1.54, 1.807) is 4.90 Å². The summed E-state index contributed by atoms with van der Waals surface area (Å²) in [5.41, 5.74) is 0.671. The van der Waals surface area contributed by atoms with E-state index in [-0.39, 0.29) is 40.6 Å². The number of carbonyl (C=O) groups excluding carboxylic acids is 1. The number of halogens is 3. The number of nitrogens with one attached hydrogen (secondary N) is 1. The molecule has 1 saturated heterocycles. The Hall–Kier alpha value is -2.48. The molecule has 0 aromatic carbocycles. The van der Waals surface area contributed by atoms with Gasteiger partial charge in [0, 0.05) is 37.7 Å². The Kier molecular flexibility index (Phi) is 6.45. The van der Waals surface area contributed by atoms with Crippen molar-refractivity contribution in [2.45, 2.75) is 44.4 Å². The molecule has 9 heteroatoms. The number of aromatic nitrogens is 1. The number of ether oxygens (including phenoxy) is 1. The highest BCUT2D eigenvalue weighted by Gasteiger charge is 2.36. The lowest BCUT2D eigenvalue weighted by Gasteiger charge is -2.35. The number of nitrogens with zero attached hydrogens (tertiary/aromatic N) is 2. The molecule has 0 bridgehead atoms. The molecule has 0 spiro atoms. The monoisotopic (exact) mass is 439 g/mol. The van der Waals surface area contributed by atoms with E-state index in [0.717, 1.165) is 6.92 Å². The molecule has 2 aliphatic rings. The third-order valence-electron chi connectivity index (χ3n) is 5.55. The number of alkyl halides is 2. The van der Waals surface area contributed by atoms with Crippen molar-refractivity contribution in [2.24, 2.45) is 0 Å². The molecule has 0 unspecified atom stereocenters. The topological polar surface area (TPSA) is 86.5 Å². The first kappa shape index (κ1) is 22.2. The lowest BCUT2D eigenvalue weighted by atomic mass is 9.89. The largest absolute Gasteiger partial charge is 0.508 e. The molecular weight excluding hydrogens is 416 g/mol. The van der Waals surface area contributed by atoms with Crippen LogP contribution in [0, 0.1) is 5.41 Å². The van der Waals surface area contributed by atoms with Crippen molar-refractivity contribution in [3.63, 3.8) is 0 Å². The van der Waals surface area contributed by atoms with Gasteiger partial charge in [0.1, 0.15) is 11.6 Å². The van der Waals surface area contributed by atoms with Gasteiger partial charge in [0.05, 0.1) is 29.0 Å². The Morgan fingerprint density at radius 3 is 2.63 bits per heavy atom. The Bertz CT molecular complexity index is 917. The van der Waals surface area contributed by atoms with Crippen LogP contribution in [0.2, 0.25) is 5.02 Å². The zero-order chi connectivity index (χ0) is 22.1. The van der Waals surface area contributed by atoms with Gasteiger partial charge in [-0.1, -0.05) is 11.6 Å². The van der Waals surface area contributed by atoms with E-state index in [9.17, 15) is 18.7 Å². The van der Waals surface area contributed by atoms with E-state index in [0.29, 0.717) is 43.1 Å². The second kappa shape index (κ2) is 8.71. The smallest absolute Gasteiger partial charge is 0.339 e. The number of aliphatic hydroxyl groups is 1. The molecule has 1 aliphatic carbocycles. The molecule has 30 heavy (non-hydrogen) atoms. The standard InChI is InChI=1S/C21H24ClF2N3O3/c1-21(23,24)14-4-3-5-16(28)17(14)19(25)27-8-6-12(7-9-27)18-15(22)10-13(11-26-18)20(29)30-2/h5,10-12,25,28H,3-4,6-9H2,1-2H3. The Labute approximate surface area is 178 Å². The number of aliphatic hydroxyl groups excluding tert-OH is 1. The van der Waals surface area contributed by atoms with E-state index >= 15 is 0 Å². The number of rotatable bonds is 4. The van der Waals surface area contributed by atoms with Gasteiger partial charge in [0.25, 0.3) is 5.92 Å². The second-order valence-electron chi connectivity index (χ2n) is 7.56. The van der Waals surface area contributed by atoms with Crippen LogP contribution in [-0.2, 0) is 4.74 Å². The fourth-order valence-corrected chi connectivity index (χ4v) is 4.27. The molecular formula is C21H24ClF2N3O3. The summed E-state index contributed by atoms with van der Waals surface area (Å²) in [4.78, 5) is 17.6. The summed E-state index contributed by atoms with van der Waals surface area (Å²) in [6.07, 6.45) is 4.58. The minimum atomic E-state index is -3.10. The minimum Gasteiger partial charge on any atom is -0.508 e. The first-order chi connectivity index (χ1) is 14.1. The number of methoxy groups -OCH3 is 1. The number of hydrogen-bond acceptors (Lipinski definition) is 5. The summed E-state index contributed by atoms with van der Waals surface area (Å²) in [7, 11) is 1.28. The highest BCUT2D eigenvalue weighted by molar-refractivity contribution is 6.31. The van der Waals surface area contributed by atoms with Gasteiger partial charge >= 0.3 is 5.97 Å². The van der Waals surface area contributed by atoms with Crippen molar-refractivity contribution < 1.29 is 23.4 Å². The van der Waals surface area contributed by atoms with Crippen LogP contribution in [0.5, 0.6) is 0 Å². The third-order valence-corrected chi connectivity index (χ3v) is 5.85. The fourth-order valence-electron chi connectivity index (χ4n) is 3.95. The van der Waals surface area contributed by atoms with Gasteiger partial charge in [-0.05, 0) is 37.8 Å². The van der Waals surface area contributed by atoms with E-state index in [2.05, 4.69) is 9.72 Å². The molecule has 6 nitrogen and oxygen atoms in total. The normalized spacial score (nSPS) is 18.3. The van der Waals surface area contributed by atoms with Gasteiger partial charge in [-0.2, -0.15) is 0 Å². The van der Waals surface area contributed by atoms with Gasteiger partial charge in [-0.3, -0.25) is 10.4 Å². The molecule has 162 valence electrons. The molecule has 1 aromatic heterocycles. The molecule has 2 heterocycles. The highest BCUT2D eigenvalue weighted by Crippen LogP contribution is 2.38. The number of likely N-dealkylation sites (tertiary alicyclic amines) is 1. The second-order valence-corrected chi connectivity index (χ2v) is 7.97. The van der Waals surface area contributed by atoms with Crippen LogP contribution in [0.15, 0.2) is 35.2 Å². The van der Waals surface area contributed by atoms with E-state index in [4.69, 9.17) is 17.0 Å². The average Bonchev–Trinajstić information content (AvgIpc) is 2.72. The Balaban J connectivity index is 1.74. The quantitative estimate of drug-likeness (QED) is 0.397. The number of esters is 1. The van der Waals surface area contributed by atoms with E-state index in [1.807, 2.05) is 0 Å². The Morgan fingerprint density at radius 1 is 1.40 bits per heavy atom. The number of amidine groups is 1. The van der Waals surface area contributed by atoms with Gasteiger partial charge in [-0.25, -0.2) is 13.6 Å².